The molecule has 2 rings (SSSR count). The third-order valence-electron chi connectivity index (χ3n) is 3.34. The maximum absolute atomic E-state index is 12.1. The molecular formula is C18H20O5. The topological polar surface area (TPSA) is 54.0 Å². The van der Waals surface area contributed by atoms with E-state index in [-0.39, 0.29) is 12.4 Å². The van der Waals surface area contributed by atoms with Crippen LogP contribution < -0.4 is 18.9 Å². The first-order chi connectivity index (χ1) is 11.1. The average molecular weight is 316 g/mol. The molecule has 0 atom stereocenters. The second kappa shape index (κ2) is 7.54. The van der Waals surface area contributed by atoms with E-state index in [2.05, 4.69) is 0 Å². The minimum absolute atomic E-state index is 0.201. The summed E-state index contributed by atoms with van der Waals surface area (Å²) in [6.07, 6.45) is 0. The molecule has 0 spiro atoms. The molecule has 0 N–H and O–H groups in total. The number of carbonyl (C=O) groups excluding carboxylic acids is 1. The standard InChI is InChI=1S/C18H20O5/c1-12-7-5-8-13(2)17(12)22-11-16(19)23-18-14(20-3)9-6-10-15(18)21-4/h5-10H,11H2,1-4H3. The molecule has 122 valence electrons. The molecule has 0 aliphatic carbocycles. The first-order valence-corrected chi connectivity index (χ1v) is 7.17. The van der Waals surface area contributed by atoms with Gasteiger partial charge >= 0.3 is 5.97 Å². The van der Waals surface area contributed by atoms with Crippen LogP contribution in [-0.4, -0.2) is 26.8 Å². The minimum Gasteiger partial charge on any atom is -0.493 e. The predicted molar refractivity (Wildman–Crippen MR) is 86.6 cm³/mol. The second-order valence-electron chi connectivity index (χ2n) is 4.98. The van der Waals surface area contributed by atoms with Gasteiger partial charge in [-0.15, -0.1) is 0 Å². The van der Waals surface area contributed by atoms with Crippen molar-refractivity contribution in [3.05, 3.63) is 47.5 Å². The van der Waals surface area contributed by atoms with Crippen molar-refractivity contribution in [2.75, 3.05) is 20.8 Å². The Morgan fingerprint density at radius 2 is 1.39 bits per heavy atom. The summed E-state index contributed by atoms with van der Waals surface area (Å²) < 4.78 is 21.3. The molecule has 2 aromatic rings. The third-order valence-corrected chi connectivity index (χ3v) is 3.34. The van der Waals surface area contributed by atoms with Gasteiger partial charge < -0.3 is 18.9 Å². The normalized spacial score (nSPS) is 10.1. The monoisotopic (exact) mass is 316 g/mol. The van der Waals surface area contributed by atoms with Crippen LogP contribution in [0, 0.1) is 13.8 Å². The molecule has 0 heterocycles. The molecule has 2 aromatic carbocycles. The SMILES string of the molecule is COc1cccc(OC)c1OC(=O)COc1c(C)cccc1C. The Bertz CT molecular complexity index is 651. The lowest BCUT2D eigenvalue weighted by atomic mass is 10.1. The quantitative estimate of drug-likeness (QED) is 0.604. The maximum atomic E-state index is 12.1. The number of aryl methyl sites for hydroxylation is 2. The number of para-hydroxylation sites is 2. The first-order valence-electron chi connectivity index (χ1n) is 7.17. The second-order valence-corrected chi connectivity index (χ2v) is 4.98. The van der Waals surface area contributed by atoms with E-state index < -0.39 is 5.97 Å². The number of carbonyl (C=O) groups is 1. The van der Waals surface area contributed by atoms with Crippen molar-refractivity contribution in [3.8, 4) is 23.0 Å². The maximum Gasteiger partial charge on any atom is 0.349 e. The lowest BCUT2D eigenvalue weighted by Crippen LogP contribution is -2.19. The van der Waals surface area contributed by atoms with Crippen LogP contribution in [0.25, 0.3) is 0 Å². The number of benzene rings is 2. The van der Waals surface area contributed by atoms with E-state index in [9.17, 15) is 4.79 Å². The van der Waals surface area contributed by atoms with E-state index in [0.29, 0.717) is 17.2 Å². The van der Waals surface area contributed by atoms with E-state index in [0.717, 1.165) is 11.1 Å². The summed E-state index contributed by atoms with van der Waals surface area (Å²) >= 11 is 0. The Morgan fingerprint density at radius 1 is 0.870 bits per heavy atom. The number of methoxy groups -OCH3 is 2. The van der Waals surface area contributed by atoms with Crippen LogP contribution in [0.15, 0.2) is 36.4 Å². The molecule has 0 radical (unpaired) electrons. The Kier molecular flexibility index (Phi) is 5.46. The number of hydrogen-bond acceptors (Lipinski definition) is 5. The number of rotatable bonds is 6. The van der Waals surface area contributed by atoms with Crippen molar-refractivity contribution in [2.24, 2.45) is 0 Å². The van der Waals surface area contributed by atoms with E-state index in [4.69, 9.17) is 18.9 Å². The van der Waals surface area contributed by atoms with Gasteiger partial charge in [0.1, 0.15) is 5.75 Å². The van der Waals surface area contributed by atoms with E-state index in [1.54, 1.807) is 18.2 Å². The van der Waals surface area contributed by atoms with Crippen LogP contribution in [-0.2, 0) is 4.79 Å². The van der Waals surface area contributed by atoms with Gasteiger partial charge in [0.25, 0.3) is 0 Å². The Balaban J connectivity index is 2.09. The van der Waals surface area contributed by atoms with Crippen LogP contribution in [0.5, 0.6) is 23.0 Å². The van der Waals surface area contributed by atoms with Crippen LogP contribution >= 0.6 is 0 Å². The van der Waals surface area contributed by atoms with Crippen LogP contribution in [0.3, 0.4) is 0 Å². The highest BCUT2D eigenvalue weighted by atomic mass is 16.6. The summed E-state index contributed by atoms with van der Waals surface area (Å²) in [6.45, 7) is 3.65. The third kappa shape index (κ3) is 3.94. The van der Waals surface area contributed by atoms with Crippen molar-refractivity contribution in [1.29, 1.82) is 0 Å². The smallest absolute Gasteiger partial charge is 0.349 e. The number of esters is 1. The molecule has 0 aromatic heterocycles. The lowest BCUT2D eigenvalue weighted by Gasteiger charge is -2.14. The van der Waals surface area contributed by atoms with Crippen molar-refractivity contribution in [3.63, 3.8) is 0 Å². The molecule has 0 aliphatic rings. The summed E-state index contributed by atoms with van der Waals surface area (Å²) in [7, 11) is 3.00. The highest BCUT2D eigenvalue weighted by Gasteiger charge is 2.16. The highest BCUT2D eigenvalue weighted by Crippen LogP contribution is 2.36. The zero-order valence-corrected chi connectivity index (χ0v) is 13.7. The van der Waals surface area contributed by atoms with Gasteiger partial charge in [0.05, 0.1) is 14.2 Å². The summed E-state index contributed by atoms with van der Waals surface area (Å²) in [5, 5.41) is 0. The molecule has 0 amide bonds. The van der Waals surface area contributed by atoms with Gasteiger partial charge in [-0.2, -0.15) is 0 Å². The van der Waals surface area contributed by atoms with Gasteiger partial charge in [-0.25, -0.2) is 4.79 Å². The highest BCUT2D eigenvalue weighted by molar-refractivity contribution is 5.76. The fraction of sp³-hybridized carbons (Fsp3) is 0.278. The van der Waals surface area contributed by atoms with Gasteiger partial charge in [0.15, 0.2) is 18.1 Å². The number of hydrogen-bond donors (Lipinski definition) is 0. The molecule has 23 heavy (non-hydrogen) atoms. The van der Waals surface area contributed by atoms with Gasteiger partial charge in [0, 0.05) is 0 Å². The van der Waals surface area contributed by atoms with Crippen molar-refractivity contribution in [2.45, 2.75) is 13.8 Å². The largest absolute Gasteiger partial charge is 0.493 e. The average Bonchev–Trinajstić information content (AvgIpc) is 2.54. The predicted octanol–water partition coefficient (Wildman–Crippen LogP) is 3.31. The first kappa shape index (κ1) is 16.7. The van der Waals surface area contributed by atoms with Gasteiger partial charge in [0.2, 0.25) is 5.75 Å². The van der Waals surface area contributed by atoms with Gasteiger partial charge in [-0.05, 0) is 37.1 Å². The lowest BCUT2D eigenvalue weighted by molar-refractivity contribution is -0.136. The summed E-state index contributed by atoms with van der Waals surface area (Å²) in [5.74, 6) is 1.24. The molecule has 0 unspecified atom stereocenters. The van der Waals surface area contributed by atoms with Crippen molar-refractivity contribution < 1.29 is 23.7 Å². The summed E-state index contributed by atoms with van der Waals surface area (Å²) in [6, 6.07) is 10.9. The molecule has 5 nitrogen and oxygen atoms in total. The van der Waals surface area contributed by atoms with E-state index in [1.165, 1.54) is 14.2 Å². The zero-order chi connectivity index (χ0) is 16.8. The van der Waals surface area contributed by atoms with Crippen LogP contribution in [0.2, 0.25) is 0 Å². The minimum atomic E-state index is -0.532. The zero-order valence-electron chi connectivity index (χ0n) is 13.7. The fourth-order valence-corrected chi connectivity index (χ4v) is 2.22. The molecule has 0 bridgehead atoms. The molecule has 0 fully saturated rings. The Labute approximate surface area is 135 Å². The van der Waals surface area contributed by atoms with Crippen molar-refractivity contribution in [1.82, 2.24) is 0 Å². The van der Waals surface area contributed by atoms with E-state index >= 15 is 0 Å². The molecule has 0 saturated heterocycles. The summed E-state index contributed by atoms with van der Waals surface area (Å²) in [4.78, 5) is 12.1. The van der Waals surface area contributed by atoms with Crippen molar-refractivity contribution >= 4 is 5.97 Å². The molecule has 0 aliphatic heterocycles. The molecular weight excluding hydrogens is 296 g/mol. The Hall–Kier alpha value is -2.69. The van der Waals surface area contributed by atoms with Gasteiger partial charge in [-0.3, -0.25) is 0 Å². The van der Waals surface area contributed by atoms with Crippen LogP contribution in [0.1, 0.15) is 11.1 Å². The van der Waals surface area contributed by atoms with Crippen LogP contribution in [0.4, 0.5) is 0 Å². The molecule has 5 heteroatoms. The van der Waals surface area contributed by atoms with Gasteiger partial charge in [-0.1, -0.05) is 24.3 Å². The number of ether oxygens (including phenoxy) is 4. The summed E-state index contributed by atoms with van der Waals surface area (Å²) in [5.41, 5.74) is 1.93. The molecule has 0 saturated carbocycles. The fourth-order valence-electron chi connectivity index (χ4n) is 2.22. The van der Waals surface area contributed by atoms with E-state index in [1.807, 2.05) is 32.0 Å². The Morgan fingerprint density at radius 3 is 1.91 bits per heavy atom.